The number of fused-ring (bicyclic) bond motifs is 3. The zero-order chi connectivity index (χ0) is 18.1. The highest BCUT2D eigenvalue weighted by atomic mass is 16.5. The van der Waals surface area contributed by atoms with Crippen LogP contribution >= 0.6 is 0 Å². The van der Waals surface area contributed by atoms with E-state index in [1.54, 1.807) is 6.07 Å². The summed E-state index contributed by atoms with van der Waals surface area (Å²) in [7, 11) is 1.38. The number of carbonyl (C=O) groups is 2. The molecule has 1 aliphatic heterocycles. The Morgan fingerprint density at radius 2 is 1.96 bits per heavy atom. The maximum atomic E-state index is 12.6. The van der Waals surface area contributed by atoms with E-state index in [0.29, 0.717) is 25.1 Å². The molecule has 1 aliphatic rings. The predicted octanol–water partition coefficient (Wildman–Crippen LogP) is 3.08. The van der Waals surface area contributed by atoms with Gasteiger partial charge in [0.2, 0.25) is 5.91 Å². The number of nitrogens with zero attached hydrogens (tertiary/aromatic N) is 1. The van der Waals surface area contributed by atoms with Gasteiger partial charge in [0.1, 0.15) is 0 Å². The molecule has 0 spiro atoms. The van der Waals surface area contributed by atoms with Gasteiger partial charge in [-0.05, 0) is 35.7 Å². The van der Waals surface area contributed by atoms with Crippen molar-refractivity contribution in [2.45, 2.75) is 19.4 Å². The predicted molar refractivity (Wildman–Crippen MR) is 98.9 cm³/mol. The lowest BCUT2D eigenvalue weighted by Crippen LogP contribution is -2.36. The van der Waals surface area contributed by atoms with Crippen molar-refractivity contribution >= 4 is 22.8 Å². The van der Waals surface area contributed by atoms with Gasteiger partial charge in [-0.25, -0.2) is 4.79 Å². The summed E-state index contributed by atoms with van der Waals surface area (Å²) >= 11 is 0. The first-order valence-corrected chi connectivity index (χ1v) is 8.69. The Morgan fingerprint density at radius 1 is 1.15 bits per heavy atom. The number of ether oxygens (including phenoxy) is 1. The minimum Gasteiger partial charge on any atom is -0.465 e. The second kappa shape index (κ2) is 6.67. The van der Waals surface area contributed by atoms with Crippen LogP contribution in [0.25, 0.3) is 10.9 Å². The van der Waals surface area contributed by atoms with Crippen LogP contribution < -0.4 is 0 Å². The van der Waals surface area contributed by atoms with Crippen LogP contribution in [0.2, 0.25) is 0 Å². The van der Waals surface area contributed by atoms with E-state index in [9.17, 15) is 9.59 Å². The Bertz CT molecular complexity index is 976. The zero-order valence-electron chi connectivity index (χ0n) is 14.6. The van der Waals surface area contributed by atoms with Crippen molar-refractivity contribution in [2.75, 3.05) is 13.7 Å². The molecule has 5 heteroatoms. The standard InChI is InChI=1S/C21H20N2O3/c1-26-21(25)15-7-8-18-17(12-15)16-9-10-23(13-19(16)22-18)20(24)11-14-5-3-2-4-6-14/h2-8,12,22H,9-11,13H2,1H3. The molecule has 1 amide bonds. The van der Waals surface area contributed by atoms with Crippen molar-refractivity contribution in [3.63, 3.8) is 0 Å². The van der Waals surface area contributed by atoms with Gasteiger partial charge < -0.3 is 14.6 Å². The van der Waals surface area contributed by atoms with Gasteiger partial charge in [0.25, 0.3) is 0 Å². The topological polar surface area (TPSA) is 62.4 Å². The lowest BCUT2D eigenvalue weighted by molar-refractivity contribution is -0.131. The van der Waals surface area contributed by atoms with E-state index in [1.807, 2.05) is 47.4 Å². The minimum absolute atomic E-state index is 0.135. The quantitative estimate of drug-likeness (QED) is 0.740. The third-order valence-electron chi connectivity index (χ3n) is 4.95. The van der Waals surface area contributed by atoms with Crippen LogP contribution in [0.15, 0.2) is 48.5 Å². The number of nitrogens with one attached hydrogen (secondary N) is 1. The van der Waals surface area contributed by atoms with Crippen molar-refractivity contribution < 1.29 is 14.3 Å². The normalized spacial score (nSPS) is 13.5. The molecular weight excluding hydrogens is 328 g/mol. The Kier molecular flexibility index (Phi) is 4.21. The summed E-state index contributed by atoms with van der Waals surface area (Å²) in [5.41, 5.74) is 4.80. The highest BCUT2D eigenvalue weighted by Gasteiger charge is 2.24. The molecule has 5 nitrogen and oxygen atoms in total. The number of aromatic amines is 1. The molecule has 1 aromatic heterocycles. The smallest absolute Gasteiger partial charge is 0.337 e. The number of carbonyl (C=O) groups excluding carboxylic acids is 2. The van der Waals surface area contributed by atoms with Gasteiger partial charge in [0.05, 0.1) is 25.6 Å². The summed E-state index contributed by atoms with van der Waals surface area (Å²) in [6.07, 6.45) is 1.20. The first-order chi connectivity index (χ1) is 12.7. The van der Waals surface area contributed by atoms with E-state index in [1.165, 1.54) is 12.7 Å². The SMILES string of the molecule is COC(=O)c1ccc2[nH]c3c(c2c1)CCN(C(=O)Cc1ccccc1)C3. The van der Waals surface area contributed by atoms with Gasteiger partial charge in [-0.15, -0.1) is 0 Å². The number of benzene rings is 2. The molecule has 0 atom stereocenters. The molecule has 0 radical (unpaired) electrons. The molecule has 2 aromatic carbocycles. The number of H-pyrrole nitrogens is 1. The van der Waals surface area contributed by atoms with Crippen molar-refractivity contribution in [1.29, 1.82) is 0 Å². The second-order valence-corrected chi connectivity index (χ2v) is 6.56. The molecule has 2 heterocycles. The van der Waals surface area contributed by atoms with E-state index >= 15 is 0 Å². The Labute approximate surface area is 151 Å². The molecule has 0 aliphatic carbocycles. The fourth-order valence-corrected chi connectivity index (χ4v) is 3.58. The maximum absolute atomic E-state index is 12.6. The molecule has 4 rings (SSSR count). The molecule has 0 unspecified atom stereocenters. The van der Waals surface area contributed by atoms with Crippen LogP contribution in [0.1, 0.15) is 27.2 Å². The van der Waals surface area contributed by atoms with Gasteiger partial charge in [-0.1, -0.05) is 30.3 Å². The van der Waals surface area contributed by atoms with E-state index in [4.69, 9.17) is 4.74 Å². The Hall–Kier alpha value is -3.08. The lowest BCUT2D eigenvalue weighted by atomic mass is 10.0. The largest absolute Gasteiger partial charge is 0.465 e. The summed E-state index contributed by atoms with van der Waals surface area (Å²) in [6, 6.07) is 15.3. The number of hydrogen-bond acceptors (Lipinski definition) is 3. The van der Waals surface area contributed by atoms with E-state index in [-0.39, 0.29) is 11.9 Å². The van der Waals surface area contributed by atoms with Gasteiger partial charge >= 0.3 is 5.97 Å². The third-order valence-corrected chi connectivity index (χ3v) is 4.95. The zero-order valence-corrected chi connectivity index (χ0v) is 14.6. The summed E-state index contributed by atoms with van der Waals surface area (Å²) in [5.74, 6) is -0.201. The second-order valence-electron chi connectivity index (χ2n) is 6.56. The number of esters is 1. The summed E-state index contributed by atoms with van der Waals surface area (Å²) in [6.45, 7) is 1.26. The maximum Gasteiger partial charge on any atom is 0.337 e. The van der Waals surface area contributed by atoms with Crippen LogP contribution in [0, 0.1) is 0 Å². The van der Waals surface area contributed by atoms with E-state index < -0.39 is 0 Å². The van der Waals surface area contributed by atoms with Crippen LogP contribution in [0.4, 0.5) is 0 Å². The Balaban J connectivity index is 1.57. The highest BCUT2D eigenvalue weighted by Crippen LogP contribution is 2.29. The van der Waals surface area contributed by atoms with Gasteiger partial charge in [-0.2, -0.15) is 0 Å². The minimum atomic E-state index is -0.336. The first-order valence-electron chi connectivity index (χ1n) is 8.69. The van der Waals surface area contributed by atoms with Crippen LogP contribution in [-0.4, -0.2) is 35.4 Å². The summed E-state index contributed by atoms with van der Waals surface area (Å²) < 4.78 is 4.81. The average molecular weight is 348 g/mol. The van der Waals surface area contributed by atoms with Crippen molar-refractivity contribution in [2.24, 2.45) is 0 Å². The molecule has 0 bridgehead atoms. The molecule has 0 fully saturated rings. The molecule has 0 saturated heterocycles. The van der Waals surface area contributed by atoms with Gasteiger partial charge in [-0.3, -0.25) is 4.79 Å². The van der Waals surface area contributed by atoms with Crippen LogP contribution in [-0.2, 0) is 28.9 Å². The molecular formula is C21H20N2O3. The van der Waals surface area contributed by atoms with Crippen LogP contribution in [0.5, 0.6) is 0 Å². The fourth-order valence-electron chi connectivity index (χ4n) is 3.58. The third kappa shape index (κ3) is 2.96. The molecule has 26 heavy (non-hydrogen) atoms. The Morgan fingerprint density at radius 3 is 2.73 bits per heavy atom. The monoisotopic (exact) mass is 348 g/mol. The van der Waals surface area contributed by atoms with Crippen molar-refractivity contribution in [1.82, 2.24) is 9.88 Å². The number of aromatic nitrogens is 1. The molecule has 132 valence electrons. The average Bonchev–Trinajstić information content (AvgIpc) is 3.05. The highest BCUT2D eigenvalue weighted by molar-refractivity contribution is 5.96. The van der Waals surface area contributed by atoms with Crippen LogP contribution in [0.3, 0.4) is 0 Å². The molecule has 0 saturated carbocycles. The lowest BCUT2D eigenvalue weighted by Gasteiger charge is -2.27. The summed E-state index contributed by atoms with van der Waals surface area (Å²) in [5, 5.41) is 1.04. The van der Waals surface area contributed by atoms with Gasteiger partial charge in [0.15, 0.2) is 0 Å². The van der Waals surface area contributed by atoms with E-state index in [2.05, 4.69) is 4.98 Å². The number of hydrogen-bond donors (Lipinski definition) is 1. The number of amides is 1. The number of rotatable bonds is 3. The number of methoxy groups -OCH3 is 1. The summed E-state index contributed by atoms with van der Waals surface area (Å²) in [4.78, 5) is 29.7. The van der Waals surface area contributed by atoms with Crippen molar-refractivity contribution in [3.05, 3.63) is 70.9 Å². The first kappa shape index (κ1) is 16.4. The van der Waals surface area contributed by atoms with Crippen molar-refractivity contribution in [3.8, 4) is 0 Å². The fraction of sp³-hybridized carbons (Fsp3) is 0.238. The molecule has 3 aromatic rings. The van der Waals surface area contributed by atoms with Gasteiger partial charge in [0, 0.05) is 23.1 Å². The molecule has 1 N–H and O–H groups in total. The van der Waals surface area contributed by atoms with E-state index in [0.717, 1.165) is 28.6 Å².